The van der Waals surface area contributed by atoms with Crippen LogP contribution < -0.4 is 9.47 Å². The summed E-state index contributed by atoms with van der Waals surface area (Å²) < 4.78 is 10.6. The molecule has 0 N–H and O–H groups in total. The van der Waals surface area contributed by atoms with Crippen molar-refractivity contribution in [3.05, 3.63) is 63.4 Å². The largest absolute Gasteiger partial charge is 0.493 e. The first-order valence-electron chi connectivity index (χ1n) is 7.70. The first kappa shape index (κ1) is 18.0. The number of aromatic nitrogens is 1. The fourth-order valence-corrected chi connectivity index (χ4v) is 3.42. The van der Waals surface area contributed by atoms with E-state index in [1.54, 1.807) is 26.4 Å². The van der Waals surface area contributed by atoms with Crippen LogP contribution in [-0.2, 0) is 0 Å². The zero-order chi connectivity index (χ0) is 18.5. The first-order chi connectivity index (χ1) is 12.6. The maximum absolute atomic E-state index is 9.52. The lowest BCUT2D eigenvalue weighted by Crippen LogP contribution is -1.91. The summed E-state index contributed by atoms with van der Waals surface area (Å²) >= 11 is 7.42. The number of ether oxygens (including phenoxy) is 2. The Hall–Kier alpha value is -2.81. The molecule has 0 fully saturated rings. The number of hydrogen-bond acceptors (Lipinski definition) is 5. The van der Waals surface area contributed by atoms with Crippen LogP contribution in [0.1, 0.15) is 10.6 Å². The van der Waals surface area contributed by atoms with Crippen molar-refractivity contribution >= 4 is 34.6 Å². The zero-order valence-corrected chi connectivity index (χ0v) is 15.8. The van der Waals surface area contributed by atoms with E-state index >= 15 is 0 Å². The monoisotopic (exact) mass is 382 g/mol. The van der Waals surface area contributed by atoms with Crippen molar-refractivity contribution in [3.8, 4) is 28.8 Å². The molecular weight excluding hydrogens is 368 g/mol. The maximum Gasteiger partial charge on any atom is 0.161 e. The molecule has 1 heterocycles. The lowest BCUT2D eigenvalue weighted by molar-refractivity contribution is 0.355. The minimum atomic E-state index is 0.490. The molecule has 0 saturated carbocycles. The number of thiazole rings is 1. The summed E-state index contributed by atoms with van der Waals surface area (Å²) in [6.45, 7) is 0. The molecule has 6 heteroatoms. The minimum Gasteiger partial charge on any atom is -0.493 e. The van der Waals surface area contributed by atoms with Crippen molar-refractivity contribution in [2.45, 2.75) is 0 Å². The van der Waals surface area contributed by atoms with Crippen molar-refractivity contribution in [3.63, 3.8) is 0 Å². The van der Waals surface area contributed by atoms with Gasteiger partial charge in [0.1, 0.15) is 11.1 Å². The van der Waals surface area contributed by atoms with E-state index in [2.05, 4.69) is 11.1 Å². The second-order valence-corrected chi connectivity index (χ2v) is 6.63. The lowest BCUT2D eigenvalue weighted by atomic mass is 10.1. The van der Waals surface area contributed by atoms with Crippen LogP contribution in [0.2, 0.25) is 5.02 Å². The standard InChI is InChI=1S/C20H15ClN2O2S/c1-24-18-7-6-14(10-19(18)25-2)17-12-26-20(23-17)15(11-22)8-13-4-3-5-16(21)9-13/h3-10,12H,1-2H3. The van der Waals surface area contributed by atoms with E-state index in [0.717, 1.165) is 16.8 Å². The van der Waals surface area contributed by atoms with E-state index in [-0.39, 0.29) is 0 Å². The first-order valence-corrected chi connectivity index (χ1v) is 8.96. The highest BCUT2D eigenvalue weighted by Crippen LogP contribution is 2.34. The van der Waals surface area contributed by atoms with Gasteiger partial charge in [0.25, 0.3) is 0 Å². The molecule has 3 aromatic rings. The van der Waals surface area contributed by atoms with Crippen molar-refractivity contribution in [2.75, 3.05) is 14.2 Å². The van der Waals surface area contributed by atoms with Gasteiger partial charge in [0, 0.05) is 16.0 Å². The molecule has 0 aliphatic carbocycles. The number of nitriles is 1. The third-order valence-corrected chi connectivity index (χ3v) is 4.80. The van der Waals surface area contributed by atoms with Crippen LogP contribution in [-0.4, -0.2) is 19.2 Å². The number of rotatable bonds is 5. The maximum atomic E-state index is 9.52. The molecule has 0 aliphatic rings. The van der Waals surface area contributed by atoms with Gasteiger partial charge in [-0.05, 0) is 42.0 Å². The molecule has 0 saturated heterocycles. The summed E-state index contributed by atoms with van der Waals surface area (Å²) in [5, 5.41) is 12.7. The topological polar surface area (TPSA) is 55.1 Å². The average molecular weight is 383 g/mol. The van der Waals surface area contributed by atoms with Gasteiger partial charge < -0.3 is 9.47 Å². The van der Waals surface area contributed by atoms with Crippen LogP contribution in [0, 0.1) is 11.3 Å². The molecule has 26 heavy (non-hydrogen) atoms. The van der Waals surface area contributed by atoms with E-state index in [1.807, 2.05) is 41.8 Å². The molecule has 3 rings (SSSR count). The van der Waals surface area contributed by atoms with Crippen LogP contribution in [0.15, 0.2) is 47.8 Å². The van der Waals surface area contributed by atoms with E-state index in [4.69, 9.17) is 21.1 Å². The van der Waals surface area contributed by atoms with E-state index < -0.39 is 0 Å². The van der Waals surface area contributed by atoms with Crippen LogP contribution in [0.25, 0.3) is 22.9 Å². The Morgan fingerprint density at radius 2 is 1.96 bits per heavy atom. The Morgan fingerprint density at radius 1 is 1.15 bits per heavy atom. The molecule has 0 spiro atoms. The van der Waals surface area contributed by atoms with Gasteiger partial charge in [0.05, 0.1) is 25.5 Å². The molecule has 0 aliphatic heterocycles. The quantitative estimate of drug-likeness (QED) is 0.543. The number of hydrogen-bond donors (Lipinski definition) is 0. The fraction of sp³-hybridized carbons (Fsp3) is 0.100. The van der Waals surface area contributed by atoms with Gasteiger partial charge in [0.2, 0.25) is 0 Å². The van der Waals surface area contributed by atoms with Crippen LogP contribution in [0.5, 0.6) is 11.5 Å². The summed E-state index contributed by atoms with van der Waals surface area (Å²) in [7, 11) is 3.19. The summed E-state index contributed by atoms with van der Waals surface area (Å²) in [6, 6.07) is 15.2. The highest BCUT2D eigenvalue weighted by Gasteiger charge is 2.12. The highest BCUT2D eigenvalue weighted by molar-refractivity contribution is 7.11. The summed E-state index contributed by atoms with van der Waals surface area (Å²) in [6.07, 6.45) is 1.78. The predicted molar refractivity (Wildman–Crippen MR) is 106 cm³/mol. The second kappa shape index (κ2) is 8.05. The summed E-state index contributed by atoms with van der Waals surface area (Å²) in [4.78, 5) is 4.60. The third-order valence-electron chi connectivity index (χ3n) is 3.69. The molecule has 0 atom stereocenters. The Balaban J connectivity index is 1.95. The van der Waals surface area contributed by atoms with Gasteiger partial charge in [0.15, 0.2) is 11.5 Å². The number of methoxy groups -OCH3 is 2. The predicted octanol–water partition coefficient (Wildman–Crippen LogP) is 5.54. The Kier molecular flexibility index (Phi) is 5.57. The van der Waals surface area contributed by atoms with Gasteiger partial charge in [-0.15, -0.1) is 11.3 Å². The lowest BCUT2D eigenvalue weighted by Gasteiger charge is -2.08. The summed E-state index contributed by atoms with van der Waals surface area (Å²) in [5.74, 6) is 1.29. The Labute approximate surface area is 160 Å². The van der Waals surface area contributed by atoms with Gasteiger partial charge in [-0.3, -0.25) is 0 Å². The number of allylic oxidation sites excluding steroid dienone is 1. The second-order valence-electron chi connectivity index (χ2n) is 5.33. The smallest absolute Gasteiger partial charge is 0.161 e. The average Bonchev–Trinajstić information content (AvgIpc) is 3.15. The Bertz CT molecular complexity index is 1010. The van der Waals surface area contributed by atoms with Gasteiger partial charge in [-0.2, -0.15) is 5.26 Å². The number of nitrogens with zero attached hydrogens (tertiary/aromatic N) is 2. The van der Waals surface area contributed by atoms with Gasteiger partial charge in [-0.1, -0.05) is 23.7 Å². The van der Waals surface area contributed by atoms with E-state index in [0.29, 0.717) is 27.1 Å². The highest BCUT2D eigenvalue weighted by atomic mass is 35.5. The minimum absolute atomic E-state index is 0.490. The SMILES string of the molecule is COc1ccc(-c2csc(C(C#N)=Cc3cccc(Cl)c3)n2)cc1OC. The molecule has 2 aromatic carbocycles. The molecule has 4 nitrogen and oxygen atoms in total. The van der Waals surface area contributed by atoms with Crippen LogP contribution in [0.3, 0.4) is 0 Å². The van der Waals surface area contributed by atoms with E-state index in [9.17, 15) is 5.26 Å². The molecular formula is C20H15ClN2O2S. The zero-order valence-electron chi connectivity index (χ0n) is 14.2. The number of halogens is 1. The van der Waals surface area contributed by atoms with Crippen molar-refractivity contribution < 1.29 is 9.47 Å². The molecule has 0 bridgehead atoms. The van der Waals surface area contributed by atoms with Crippen molar-refractivity contribution in [2.24, 2.45) is 0 Å². The Morgan fingerprint density at radius 3 is 2.65 bits per heavy atom. The summed E-state index contributed by atoms with van der Waals surface area (Å²) in [5.41, 5.74) is 3.02. The molecule has 1 aromatic heterocycles. The fourth-order valence-electron chi connectivity index (χ4n) is 2.43. The molecule has 0 unspecified atom stereocenters. The number of benzene rings is 2. The van der Waals surface area contributed by atoms with Crippen LogP contribution in [0.4, 0.5) is 0 Å². The van der Waals surface area contributed by atoms with Gasteiger partial charge in [-0.25, -0.2) is 4.98 Å². The molecule has 130 valence electrons. The van der Waals surface area contributed by atoms with Gasteiger partial charge >= 0.3 is 0 Å². The molecule has 0 radical (unpaired) electrons. The van der Waals surface area contributed by atoms with E-state index in [1.165, 1.54) is 11.3 Å². The third kappa shape index (κ3) is 3.88. The van der Waals surface area contributed by atoms with Crippen molar-refractivity contribution in [1.82, 2.24) is 4.98 Å². The normalized spacial score (nSPS) is 11.1. The van der Waals surface area contributed by atoms with Crippen molar-refractivity contribution in [1.29, 1.82) is 5.26 Å². The molecule has 0 amide bonds. The van der Waals surface area contributed by atoms with Crippen LogP contribution >= 0.6 is 22.9 Å².